The molecule has 0 spiro atoms. The molecule has 1 fully saturated rings. The number of amides is 2. The van der Waals surface area contributed by atoms with Crippen LogP contribution in [-0.4, -0.2) is 45.7 Å². The molecule has 0 aliphatic carbocycles. The van der Waals surface area contributed by atoms with Crippen LogP contribution in [0.25, 0.3) is 0 Å². The fourth-order valence-corrected chi connectivity index (χ4v) is 3.03. The number of methoxy groups -OCH3 is 1. The Morgan fingerprint density at radius 3 is 2.61 bits per heavy atom. The van der Waals surface area contributed by atoms with Gasteiger partial charge in [-0.15, -0.1) is 0 Å². The average molecular weight is 319 g/mol. The van der Waals surface area contributed by atoms with Gasteiger partial charge in [-0.1, -0.05) is 6.07 Å². The minimum absolute atomic E-state index is 0.0435. The van der Waals surface area contributed by atoms with Crippen LogP contribution in [0.3, 0.4) is 0 Å². The lowest BCUT2D eigenvalue weighted by Gasteiger charge is -2.35. The second-order valence-corrected chi connectivity index (χ2v) is 5.97. The SMILES string of the molecule is CNC(=O)c1cccc(NC(=O)C2(COC)CCNCC2)c1C. The molecule has 6 heteroatoms. The third-order valence-electron chi connectivity index (χ3n) is 4.52. The third kappa shape index (κ3) is 3.71. The van der Waals surface area contributed by atoms with E-state index in [2.05, 4.69) is 16.0 Å². The summed E-state index contributed by atoms with van der Waals surface area (Å²) in [5.74, 6) is -0.204. The van der Waals surface area contributed by atoms with E-state index in [1.54, 1.807) is 26.3 Å². The van der Waals surface area contributed by atoms with Gasteiger partial charge in [-0.25, -0.2) is 0 Å². The quantitative estimate of drug-likeness (QED) is 0.764. The number of nitrogens with one attached hydrogen (secondary N) is 3. The lowest BCUT2D eigenvalue weighted by atomic mass is 9.78. The minimum atomic E-state index is -0.518. The number of anilines is 1. The van der Waals surface area contributed by atoms with E-state index in [-0.39, 0.29) is 11.8 Å². The first-order valence-electron chi connectivity index (χ1n) is 7.87. The lowest BCUT2D eigenvalue weighted by molar-refractivity contribution is -0.130. The number of rotatable bonds is 5. The molecule has 3 N–H and O–H groups in total. The normalized spacial score (nSPS) is 16.7. The summed E-state index contributed by atoms with van der Waals surface area (Å²) in [5, 5.41) is 8.88. The molecule has 6 nitrogen and oxygen atoms in total. The van der Waals surface area contributed by atoms with Gasteiger partial charge in [-0.3, -0.25) is 9.59 Å². The van der Waals surface area contributed by atoms with E-state index in [9.17, 15) is 9.59 Å². The van der Waals surface area contributed by atoms with E-state index in [4.69, 9.17) is 4.74 Å². The Kier molecular flexibility index (Phi) is 5.74. The Morgan fingerprint density at radius 2 is 2.00 bits per heavy atom. The molecule has 1 aromatic carbocycles. The molecule has 23 heavy (non-hydrogen) atoms. The molecule has 2 amide bonds. The number of piperidine rings is 1. The molecular formula is C17H25N3O3. The molecule has 0 unspecified atom stereocenters. The summed E-state index contributed by atoms with van der Waals surface area (Å²) < 4.78 is 5.30. The van der Waals surface area contributed by atoms with Crippen LogP contribution in [-0.2, 0) is 9.53 Å². The van der Waals surface area contributed by atoms with Gasteiger partial charge in [0.25, 0.3) is 5.91 Å². The van der Waals surface area contributed by atoms with Crippen molar-refractivity contribution in [1.29, 1.82) is 0 Å². The number of benzene rings is 1. The zero-order valence-corrected chi connectivity index (χ0v) is 14.0. The van der Waals surface area contributed by atoms with E-state index < -0.39 is 5.41 Å². The van der Waals surface area contributed by atoms with Crippen molar-refractivity contribution in [2.45, 2.75) is 19.8 Å². The predicted molar refractivity (Wildman–Crippen MR) is 89.6 cm³/mol. The van der Waals surface area contributed by atoms with Crippen molar-refractivity contribution >= 4 is 17.5 Å². The smallest absolute Gasteiger partial charge is 0.251 e. The number of carbonyl (C=O) groups is 2. The molecule has 0 saturated carbocycles. The molecule has 1 heterocycles. The van der Waals surface area contributed by atoms with Crippen LogP contribution in [0.5, 0.6) is 0 Å². The Bertz CT molecular complexity index is 575. The van der Waals surface area contributed by atoms with E-state index >= 15 is 0 Å². The standard InChI is InChI=1S/C17H25N3O3/c1-12-13(15(21)18-2)5-4-6-14(12)20-16(22)17(11-23-3)7-9-19-10-8-17/h4-6,19H,7-11H2,1-3H3,(H,18,21)(H,20,22). The topological polar surface area (TPSA) is 79.5 Å². The van der Waals surface area contributed by atoms with Crippen LogP contribution in [0.1, 0.15) is 28.8 Å². The summed E-state index contributed by atoms with van der Waals surface area (Å²) in [6.07, 6.45) is 1.47. The Morgan fingerprint density at radius 1 is 1.30 bits per heavy atom. The molecule has 126 valence electrons. The van der Waals surface area contributed by atoms with Crippen LogP contribution < -0.4 is 16.0 Å². The molecule has 0 bridgehead atoms. The maximum absolute atomic E-state index is 12.9. The first-order chi connectivity index (χ1) is 11.0. The van der Waals surface area contributed by atoms with Gasteiger partial charge in [0, 0.05) is 25.4 Å². The molecule has 1 aromatic rings. The number of hydrogen-bond acceptors (Lipinski definition) is 4. The molecule has 0 radical (unpaired) electrons. The van der Waals surface area contributed by atoms with Crippen LogP contribution >= 0.6 is 0 Å². The van der Waals surface area contributed by atoms with E-state index in [0.29, 0.717) is 17.9 Å². The molecule has 0 atom stereocenters. The van der Waals surface area contributed by atoms with Gasteiger partial charge in [-0.05, 0) is 50.6 Å². The largest absolute Gasteiger partial charge is 0.384 e. The summed E-state index contributed by atoms with van der Waals surface area (Å²) in [7, 11) is 3.21. The van der Waals surface area contributed by atoms with Gasteiger partial charge in [0.15, 0.2) is 0 Å². The van der Waals surface area contributed by atoms with Crippen LogP contribution in [0, 0.1) is 12.3 Å². The molecular weight excluding hydrogens is 294 g/mol. The van der Waals surface area contributed by atoms with Gasteiger partial charge in [-0.2, -0.15) is 0 Å². The number of ether oxygens (including phenoxy) is 1. The number of carbonyl (C=O) groups excluding carboxylic acids is 2. The molecule has 1 aliphatic heterocycles. The number of hydrogen-bond donors (Lipinski definition) is 3. The zero-order valence-electron chi connectivity index (χ0n) is 14.0. The third-order valence-corrected chi connectivity index (χ3v) is 4.52. The van der Waals surface area contributed by atoms with Crippen LogP contribution in [0.15, 0.2) is 18.2 Å². The van der Waals surface area contributed by atoms with Crippen molar-refractivity contribution in [2.75, 3.05) is 39.2 Å². The van der Waals surface area contributed by atoms with Crippen molar-refractivity contribution < 1.29 is 14.3 Å². The van der Waals surface area contributed by atoms with Gasteiger partial charge >= 0.3 is 0 Å². The first kappa shape index (κ1) is 17.4. The van der Waals surface area contributed by atoms with E-state index in [1.807, 2.05) is 13.0 Å². The summed E-state index contributed by atoms with van der Waals surface area (Å²) >= 11 is 0. The Labute approximate surface area is 137 Å². The van der Waals surface area contributed by atoms with Crippen LogP contribution in [0.2, 0.25) is 0 Å². The van der Waals surface area contributed by atoms with Crippen molar-refractivity contribution in [1.82, 2.24) is 10.6 Å². The first-order valence-corrected chi connectivity index (χ1v) is 7.87. The molecule has 2 rings (SSSR count). The van der Waals surface area contributed by atoms with Gasteiger partial charge < -0.3 is 20.7 Å². The van der Waals surface area contributed by atoms with Crippen LogP contribution in [0.4, 0.5) is 5.69 Å². The van der Waals surface area contributed by atoms with Crippen molar-refractivity contribution in [2.24, 2.45) is 5.41 Å². The van der Waals surface area contributed by atoms with Gasteiger partial charge in [0.05, 0.1) is 12.0 Å². The zero-order chi connectivity index (χ0) is 16.9. The fraction of sp³-hybridized carbons (Fsp3) is 0.529. The summed E-state index contributed by atoms with van der Waals surface area (Å²) in [6, 6.07) is 5.35. The Hall–Kier alpha value is -1.92. The maximum Gasteiger partial charge on any atom is 0.251 e. The highest BCUT2D eigenvalue weighted by Gasteiger charge is 2.39. The lowest BCUT2D eigenvalue weighted by Crippen LogP contribution is -2.47. The van der Waals surface area contributed by atoms with Gasteiger partial charge in [0.2, 0.25) is 5.91 Å². The summed E-state index contributed by atoms with van der Waals surface area (Å²) in [4.78, 5) is 24.8. The second kappa shape index (κ2) is 7.57. The molecule has 1 saturated heterocycles. The molecule has 0 aromatic heterocycles. The minimum Gasteiger partial charge on any atom is -0.384 e. The van der Waals surface area contributed by atoms with Crippen molar-refractivity contribution in [3.8, 4) is 0 Å². The van der Waals surface area contributed by atoms with Crippen molar-refractivity contribution in [3.05, 3.63) is 29.3 Å². The van der Waals surface area contributed by atoms with E-state index in [0.717, 1.165) is 31.5 Å². The van der Waals surface area contributed by atoms with Crippen molar-refractivity contribution in [3.63, 3.8) is 0 Å². The second-order valence-electron chi connectivity index (χ2n) is 5.97. The molecule has 1 aliphatic rings. The summed E-state index contributed by atoms with van der Waals surface area (Å²) in [5.41, 5.74) is 1.48. The average Bonchev–Trinajstić information content (AvgIpc) is 2.57. The maximum atomic E-state index is 12.9. The highest BCUT2D eigenvalue weighted by atomic mass is 16.5. The summed E-state index contributed by atoms with van der Waals surface area (Å²) in [6.45, 7) is 3.84. The monoisotopic (exact) mass is 319 g/mol. The highest BCUT2D eigenvalue weighted by molar-refractivity contribution is 6.00. The predicted octanol–water partition coefficient (Wildman–Crippen LogP) is 1.31. The van der Waals surface area contributed by atoms with E-state index in [1.165, 1.54) is 0 Å². The van der Waals surface area contributed by atoms with Gasteiger partial charge in [0.1, 0.15) is 0 Å². The highest BCUT2D eigenvalue weighted by Crippen LogP contribution is 2.31. The fourth-order valence-electron chi connectivity index (χ4n) is 3.03. The Balaban J connectivity index is 2.23.